The third-order valence-corrected chi connectivity index (χ3v) is 3.69. The van der Waals surface area contributed by atoms with Crippen molar-refractivity contribution in [2.45, 2.75) is 96.9 Å². The quantitative estimate of drug-likeness (QED) is 0.470. The van der Waals surface area contributed by atoms with Gasteiger partial charge in [0.25, 0.3) is 0 Å². The Morgan fingerprint density at radius 3 is 2.05 bits per heavy atom. The van der Waals surface area contributed by atoms with Gasteiger partial charge in [-0.15, -0.1) is 0 Å². The molecule has 0 saturated heterocycles. The lowest BCUT2D eigenvalue weighted by molar-refractivity contribution is -0.137. The first-order valence-electron chi connectivity index (χ1n) is 8.57. The normalized spacial score (nSPS) is 12.1. The maximum absolute atomic E-state index is 11.7. The van der Waals surface area contributed by atoms with E-state index in [0.29, 0.717) is 12.8 Å². The number of unbranched alkanes of at least 4 members (excludes halogenated alkanes) is 7. The minimum Gasteiger partial charge on any atom is -0.481 e. The lowest BCUT2D eigenvalue weighted by atomic mass is 10.1. The molecule has 0 aromatic rings. The highest BCUT2D eigenvalue weighted by Crippen LogP contribution is 2.09. The van der Waals surface area contributed by atoms with Crippen LogP contribution in [0.5, 0.6) is 0 Å². The molecule has 0 bridgehead atoms. The van der Waals surface area contributed by atoms with Gasteiger partial charge in [0.15, 0.2) is 0 Å². The number of aliphatic carboxylic acids is 1. The van der Waals surface area contributed by atoms with Gasteiger partial charge in [0.1, 0.15) is 0 Å². The molecule has 0 aliphatic heterocycles. The van der Waals surface area contributed by atoms with E-state index in [4.69, 9.17) is 5.11 Å². The van der Waals surface area contributed by atoms with E-state index in [2.05, 4.69) is 12.2 Å². The van der Waals surface area contributed by atoms with Gasteiger partial charge in [-0.1, -0.05) is 51.9 Å². The third-order valence-electron chi connectivity index (χ3n) is 3.69. The second-order valence-electron chi connectivity index (χ2n) is 5.98. The topological polar surface area (TPSA) is 66.4 Å². The summed E-state index contributed by atoms with van der Waals surface area (Å²) in [7, 11) is 0. The average molecular weight is 299 g/mol. The third kappa shape index (κ3) is 15.2. The number of amides is 1. The first-order valence-corrected chi connectivity index (χ1v) is 8.57. The van der Waals surface area contributed by atoms with Gasteiger partial charge >= 0.3 is 5.97 Å². The van der Waals surface area contributed by atoms with E-state index < -0.39 is 5.97 Å². The first kappa shape index (κ1) is 19.9. The maximum atomic E-state index is 11.7. The molecule has 0 aliphatic carbocycles. The lowest BCUT2D eigenvalue weighted by Crippen LogP contribution is -2.32. The van der Waals surface area contributed by atoms with Crippen LogP contribution in [0.2, 0.25) is 0 Å². The molecule has 4 nitrogen and oxygen atoms in total. The molecular weight excluding hydrogens is 266 g/mol. The van der Waals surface area contributed by atoms with Crippen LogP contribution in [-0.2, 0) is 9.59 Å². The van der Waals surface area contributed by atoms with Crippen molar-refractivity contribution in [3.05, 3.63) is 0 Å². The van der Waals surface area contributed by atoms with Crippen LogP contribution in [0.1, 0.15) is 90.9 Å². The SMILES string of the molecule is CCCCCCCCCCC(=O)NC(C)CCCC(=O)O. The smallest absolute Gasteiger partial charge is 0.303 e. The Kier molecular flexibility index (Phi) is 13.2. The number of carbonyl (C=O) groups excluding carboxylic acids is 1. The van der Waals surface area contributed by atoms with Crippen LogP contribution in [-0.4, -0.2) is 23.0 Å². The number of hydrogen-bond donors (Lipinski definition) is 2. The van der Waals surface area contributed by atoms with E-state index in [-0.39, 0.29) is 18.4 Å². The molecule has 0 fully saturated rings. The van der Waals surface area contributed by atoms with Gasteiger partial charge in [0.05, 0.1) is 0 Å². The van der Waals surface area contributed by atoms with E-state index in [1.165, 1.54) is 38.5 Å². The monoisotopic (exact) mass is 299 g/mol. The molecule has 124 valence electrons. The van der Waals surface area contributed by atoms with E-state index in [1.54, 1.807) is 0 Å². The van der Waals surface area contributed by atoms with Gasteiger partial charge in [-0.25, -0.2) is 0 Å². The van der Waals surface area contributed by atoms with Gasteiger partial charge in [0, 0.05) is 18.9 Å². The number of nitrogens with one attached hydrogen (secondary N) is 1. The summed E-state index contributed by atoms with van der Waals surface area (Å²) in [6.45, 7) is 4.16. The van der Waals surface area contributed by atoms with Crippen LogP contribution in [0.15, 0.2) is 0 Å². The molecule has 2 N–H and O–H groups in total. The second kappa shape index (κ2) is 13.9. The van der Waals surface area contributed by atoms with Crippen molar-refractivity contribution in [2.75, 3.05) is 0 Å². The van der Waals surface area contributed by atoms with Crippen LogP contribution in [0.4, 0.5) is 0 Å². The van der Waals surface area contributed by atoms with Gasteiger partial charge in [0.2, 0.25) is 5.91 Å². The molecule has 0 heterocycles. The van der Waals surface area contributed by atoms with Crippen molar-refractivity contribution in [3.63, 3.8) is 0 Å². The zero-order valence-electron chi connectivity index (χ0n) is 13.8. The summed E-state index contributed by atoms with van der Waals surface area (Å²) >= 11 is 0. The molecule has 0 aliphatic rings. The molecule has 0 rings (SSSR count). The average Bonchev–Trinajstić information content (AvgIpc) is 2.41. The van der Waals surface area contributed by atoms with E-state index in [0.717, 1.165) is 19.3 Å². The van der Waals surface area contributed by atoms with Crippen molar-refractivity contribution >= 4 is 11.9 Å². The summed E-state index contributed by atoms with van der Waals surface area (Å²) in [5.74, 6) is -0.670. The fraction of sp³-hybridized carbons (Fsp3) is 0.882. The summed E-state index contributed by atoms with van der Waals surface area (Å²) in [6.07, 6.45) is 12.0. The Bertz CT molecular complexity index is 279. The molecule has 4 heteroatoms. The summed E-state index contributed by atoms with van der Waals surface area (Å²) < 4.78 is 0. The van der Waals surface area contributed by atoms with Crippen LogP contribution >= 0.6 is 0 Å². The molecule has 0 radical (unpaired) electrons. The molecular formula is C17H33NO3. The van der Waals surface area contributed by atoms with Gasteiger partial charge in [-0.05, 0) is 26.2 Å². The highest BCUT2D eigenvalue weighted by atomic mass is 16.4. The van der Waals surface area contributed by atoms with Crippen LogP contribution in [0, 0.1) is 0 Å². The number of carboxylic acids is 1. The van der Waals surface area contributed by atoms with E-state index >= 15 is 0 Å². The Labute approximate surface area is 129 Å². The number of hydrogen-bond acceptors (Lipinski definition) is 2. The summed E-state index contributed by atoms with van der Waals surface area (Å²) in [6, 6.07) is 0.0749. The molecule has 1 unspecified atom stereocenters. The highest BCUT2D eigenvalue weighted by Gasteiger charge is 2.07. The Hall–Kier alpha value is -1.06. The van der Waals surface area contributed by atoms with E-state index in [1.807, 2.05) is 6.92 Å². The molecule has 0 aromatic carbocycles. The van der Waals surface area contributed by atoms with E-state index in [9.17, 15) is 9.59 Å². The largest absolute Gasteiger partial charge is 0.481 e. The molecule has 1 atom stereocenters. The van der Waals surface area contributed by atoms with Gasteiger partial charge < -0.3 is 10.4 Å². The molecule has 0 saturated carbocycles. The van der Waals surface area contributed by atoms with Crippen molar-refractivity contribution in [3.8, 4) is 0 Å². The summed E-state index contributed by atoms with van der Waals surface area (Å²) in [4.78, 5) is 22.1. The minimum atomic E-state index is -0.771. The standard InChI is InChI=1S/C17H33NO3/c1-3-4-5-6-7-8-9-10-13-16(19)18-15(2)12-11-14-17(20)21/h15H,3-14H2,1-2H3,(H,18,19)(H,20,21). The van der Waals surface area contributed by atoms with Crippen LogP contribution in [0.25, 0.3) is 0 Å². The Morgan fingerprint density at radius 2 is 1.48 bits per heavy atom. The number of carbonyl (C=O) groups is 2. The van der Waals surface area contributed by atoms with Crippen LogP contribution in [0.3, 0.4) is 0 Å². The van der Waals surface area contributed by atoms with Crippen molar-refractivity contribution in [2.24, 2.45) is 0 Å². The highest BCUT2D eigenvalue weighted by molar-refractivity contribution is 5.76. The Morgan fingerprint density at radius 1 is 0.905 bits per heavy atom. The first-order chi connectivity index (χ1) is 10.1. The molecule has 0 spiro atoms. The molecule has 0 aromatic heterocycles. The van der Waals surface area contributed by atoms with Crippen molar-refractivity contribution < 1.29 is 14.7 Å². The zero-order valence-corrected chi connectivity index (χ0v) is 13.8. The predicted molar refractivity (Wildman–Crippen MR) is 86.3 cm³/mol. The van der Waals surface area contributed by atoms with Crippen molar-refractivity contribution in [1.82, 2.24) is 5.32 Å². The number of rotatable bonds is 14. The fourth-order valence-corrected chi connectivity index (χ4v) is 2.40. The molecule has 21 heavy (non-hydrogen) atoms. The summed E-state index contributed by atoms with van der Waals surface area (Å²) in [5.41, 5.74) is 0. The lowest BCUT2D eigenvalue weighted by Gasteiger charge is -2.13. The van der Waals surface area contributed by atoms with Crippen LogP contribution < -0.4 is 5.32 Å². The number of carboxylic acid groups (broad SMARTS) is 1. The maximum Gasteiger partial charge on any atom is 0.303 e. The molecule has 1 amide bonds. The van der Waals surface area contributed by atoms with Crippen molar-refractivity contribution in [1.29, 1.82) is 0 Å². The van der Waals surface area contributed by atoms with Gasteiger partial charge in [-0.2, -0.15) is 0 Å². The fourth-order valence-electron chi connectivity index (χ4n) is 2.40. The second-order valence-corrected chi connectivity index (χ2v) is 5.98. The predicted octanol–water partition coefficient (Wildman–Crippen LogP) is 4.28. The minimum absolute atomic E-state index is 0.0749. The summed E-state index contributed by atoms with van der Waals surface area (Å²) in [5, 5.41) is 11.5. The zero-order chi connectivity index (χ0) is 15.9. The van der Waals surface area contributed by atoms with Gasteiger partial charge in [-0.3, -0.25) is 9.59 Å². The Balaban J connectivity index is 3.38.